The van der Waals surface area contributed by atoms with Gasteiger partial charge in [-0.05, 0) is 32.6 Å². The average Bonchev–Trinajstić information content (AvgIpc) is 3.25. The first-order valence-corrected chi connectivity index (χ1v) is 8.46. The number of hydrogen-bond donors (Lipinski definition) is 0. The van der Waals surface area contributed by atoms with E-state index < -0.39 is 0 Å². The van der Waals surface area contributed by atoms with E-state index in [1.807, 2.05) is 6.92 Å². The Morgan fingerprint density at radius 2 is 1.91 bits per heavy atom. The van der Waals surface area contributed by atoms with Crippen LogP contribution < -0.4 is 4.90 Å². The molecule has 6 nitrogen and oxygen atoms in total. The van der Waals surface area contributed by atoms with Crippen molar-refractivity contribution < 1.29 is 4.42 Å². The van der Waals surface area contributed by atoms with Crippen molar-refractivity contribution in [2.24, 2.45) is 0 Å². The van der Waals surface area contributed by atoms with Gasteiger partial charge in [0.25, 0.3) is 0 Å². The van der Waals surface area contributed by atoms with Crippen LogP contribution in [0.5, 0.6) is 0 Å². The van der Waals surface area contributed by atoms with Crippen LogP contribution in [-0.2, 0) is 6.54 Å². The van der Waals surface area contributed by atoms with Crippen LogP contribution in [0.15, 0.2) is 29.5 Å². The van der Waals surface area contributed by atoms with Gasteiger partial charge in [-0.25, -0.2) is 15.0 Å². The highest BCUT2D eigenvalue weighted by Crippen LogP contribution is 2.35. The minimum atomic E-state index is 0.588. The van der Waals surface area contributed by atoms with E-state index in [9.17, 15) is 0 Å². The van der Waals surface area contributed by atoms with E-state index in [4.69, 9.17) is 4.42 Å². The van der Waals surface area contributed by atoms with E-state index >= 15 is 0 Å². The molecule has 3 heterocycles. The quantitative estimate of drug-likeness (QED) is 0.845. The second kappa shape index (κ2) is 6.28. The monoisotopic (exact) mass is 313 g/mol. The fourth-order valence-corrected chi connectivity index (χ4v) is 3.51. The topological polar surface area (TPSA) is 58.3 Å². The summed E-state index contributed by atoms with van der Waals surface area (Å²) in [4.78, 5) is 18.0. The maximum Gasteiger partial charge on any atom is 0.180 e. The number of aromatic nitrogens is 3. The van der Waals surface area contributed by atoms with Crippen molar-refractivity contribution in [3.63, 3.8) is 0 Å². The van der Waals surface area contributed by atoms with Crippen LogP contribution in [0.4, 0.5) is 5.82 Å². The summed E-state index contributed by atoms with van der Waals surface area (Å²) >= 11 is 0. The summed E-state index contributed by atoms with van der Waals surface area (Å²) in [5.41, 5.74) is 2.07. The summed E-state index contributed by atoms with van der Waals surface area (Å²) in [7, 11) is 0. The zero-order valence-electron chi connectivity index (χ0n) is 13.6. The molecule has 1 aliphatic heterocycles. The van der Waals surface area contributed by atoms with E-state index in [2.05, 4.69) is 30.8 Å². The van der Waals surface area contributed by atoms with Crippen LogP contribution >= 0.6 is 0 Å². The Kier molecular flexibility index (Phi) is 3.99. The minimum Gasteiger partial charge on any atom is -0.451 e. The highest BCUT2D eigenvalue weighted by molar-refractivity contribution is 5.43. The van der Waals surface area contributed by atoms with Crippen LogP contribution in [0.2, 0.25) is 0 Å². The second-order valence-corrected chi connectivity index (χ2v) is 6.64. The normalized spacial score (nSPS) is 19.9. The number of piperidine rings is 1. The molecule has 1 saturated carbocycles. The van der Waals surface area contributed by atoms with E-state index in [1.165, 1.54) is 32.1 Å². The number of oxazole rings is 1. The third kappa shape index (κ3) is 3.37. The smallest absolute Gasteiger partial charge is 0.180 e. The van der Waals surface area contributed by atoms with Gasteiger partial charge in [-0.1, -0.05) is 0 Å². The molecule has 0 atom stereocenters. The van der Waals surface area contributed by atoms with Crippen molar-refractivity contribution in [3.05, 3.63) is 36.4 Å². The summed E-state index contributed by atoms with van der Waals surface area (Å²) in [6.07, 6.45) is 9.89. The molecule has 122 valence electrons. The molecular weight excluding hydrogens is 290 g/mol. The van der Waals surface area contributed by atoms with Gasteiger partial charge >= 0.3 is 0 Å². The van der Waals surface area contributed by atoms with Crippen molar-refractivity contribution in [1.29, 1.82) is 0 Å². The first-order valence-electron chi connectivity index (χ1n) is 8.46. The predicted octanol–water partition coefficient (Wildman–Crippen LogP) is 2.41. The zero-order valence-corrected chi connectivity index (χ0v) is 13.6. The SMILES string of the molecule is Cc1cc(N(C2CC2)C2CCN(Cc3cocn3)CC2)ncn1. The Labute approximate surface area is 136 Å². The van der Waals surface area contributed by atoms with Gasteiger partial charge in [-0.2, -0.15) is 0 Å². The van der Waals surface area contributed by atoms with Crippen molar-refractivity contribution in [3.8, 4) is 0 Å². The molecule has 0 radical (unpaired) electrons. The van der Waals surface area contributed by atoms with E-state index in [1.54, 1.807) is 12.6 Å². The Balaban J connectivity index is 1.41. The van der Waals surface area contributed by atoms with Gasteiger partial charge in [-0.3, -0.25) is 4.90 Å². The summed E-state index contributed by atoms with van der Waals surface area (Å²) < 4.78 is 5.06. The predicted molar refractivity (Wildman–Crippen MR) is 87.1 cm³/mol. The van der Waals surface area contributed by atoms with Gasteiger partial charge in [0.15, 0.2) is 6.39 Å². The Morgan fingerprint density at radius 1 is 1.13 bits per heavy atom. The first kappa shape index (κ1) is 14.6. The molecule has 2 fully saturated rings. The molecule has 2 aromatic heterocycles. The van der Waals surface area contributed by atoms with Crippen LogP contribution in [0.25, 0.3) is 0 Å². The van der Waals surface area contributed by atoms with Crippen molar-refractivity contribution in [2.45, 2.75) is 51.2 Å². The van der Waals surface area contributed by atoms with Gasteiger partial charge in [0.1, 0.15) is 18.4 Å². The van der Waals surface area contributed by atoms with Gasteiger partial charge in [0, 0.05) is 43.5 Å². The molecule has 0 unspecified atom stereocenters. The highest BCUT2D eigenvalue weighted by atomic mass is 16.3. The summed E-state index contributed by atoms with van der Waals surface area (Å²) in [5, 5.41) is 0. The zero-order chi connectivity index (χ0) is 15.6. The largest absolute Gasteiger partial charge is 0.451 e. The average molecular weight is 313 g/mol. The number of aryl methyl sites for hydroxylation is 1. The molecule has 0 N–H and O–H groups in total. The van der Waals surface area contributed by atoms with Crippen LogP contribution in [0.3, 0.4) is 0 Å². The van der Waals surface area contributed by atoms with Gasteiger partial charge in [0.2, 0.25) is 0 Å². The molecule has 2 aromatic rings. The molecular formula is C17H23N5O. The van der Waals surface area contributed by atoms with Crippen molar-refractivity contribution in [1.82, 2.24) is 19.9 Å². The molecule has 1 aliphatic carbocycles. The third-order valence-corrected chi connectivity index (χ3v) is 4.81. The summed E-state index contributed by atoms with van der Waals surface area (Å²) in [5.74, 6) is 1.11. The molecule has 0 aromatic carbocycles. The Morgan fingerprint density at radius 3 is 2.57 bits per heavy atom. The number of anilines is 1. The Hall–Kier alpha value is -1.95. The number of rotatable bonds is 5. The maximum absolute atomic E-state index is 5.06. The van der Waals surface area contributed by atoms with Crippen molar-refractivity contribution in [2.75, 3.05) is 18.0 Å². The lowest BCUT2D eigenvalue weighted by Crippen LogP contribution is -2.46. The molecule has 1 saturated heterocycles. The lowest BCUT2D eigenvalue weighted by molar-refractivity contribution is 0.198. The van der Waals surface area contributed by atoms with Gasteiger partial charge in [-0.15, -0.1) is 0 Å². The molecule has 0 bridgehead atoms. The lowest BCUT2D eigenvalue weighted by Gasteiger charge is -2.39. The number of hydrogen-bond acceptors (Lipinski definition) is 6. The van der Waals surface area contributed by atoms with E-state index in [0.717, 1.165) is 36.8 Å². The number of likely N-dealkylation sites (tertiary alicyclic amines) is 1. The standard InChI is InChI=1S/C17H23N5O/c1-13-8-17(19-11-18-13)22(15-2-3-15)16-4-6-21(7-5-16)9-14-10-23-12-20-14/h8,10-12,15-16H,2-7,9H2,1H3. The fraction of sp³-hybridized carbons (Fsp3) is 0.588. The van der Waals surface area contributed by atoms with Gasteiger partial charge < -0.3 is 9.32 Å². The summed E-state index contributed by atoms with van der Waals surface area (Å²) in [6, 6.07) is 3.39. The number of nitrogens with zero attached hydrogens (tertiary/aromatic N) is 5. The molecule has 4 rings (SSSR count). The van der Waals surface area contributed by atoms with Gasteiger partial charge in [0.05, 0.1) is 5.69 Å². The van der Waals surface area contributed by atoms with E-state index in [-0.39, 0.29) is 0 Å². The van der Waals surface area contributed by atoms with Crippen molar-refractivity contribution >= 4 is 5.82 Å². The second-order valence-electron chi connectivity index (χ2n) is 6.64. The molecule has 0 spiro atoms. The highest BCUT2D eigenvalue weighted by Gasteiger charge is 2.36. The Bertz CT molecular complexity index is 632. The molecule has 6 heteroatoms. The molecule has 2 aliphatic rings. The van der Waals surface area contributed by atoms with Crippen LogP contribution in [-0.4, -0.2) is 45.0 Å². The third-order valence-electron chi connectivity index (χ3n) is 4.81. The molecule has 0 amide bonds. The lowest BCUT2D eigenvalue weighted by atomic mass is 10.0. The first-order chi connectivity index (χ1) is 11.3. The fourth-order valence-electron chi connectivity index (χ4n) is 3.51. The van der Waals surface area contributed by atoms with Crippen LogP contribution in [0.1, 0.15) is 37.1 Å². The van der Waals surface area contributed by atoms with E-state index in [0.29, 0.717) is 12.1 Å². The summed E-state index contributed by atoms with van der Waals surface area (Å²) in [6.45, 7) is 5.13. The minimum absolute atomic E-state index is 0.588. The maximum atomic E-state index is 5.06. The molecule has 23 heavy (non-hydrogen) atoms. The van der Waals surface area contributed by atoms with Crippen LogP contribution in [0, 0.1) is 6.92 Å².